The Balaban J connectivity index is 1.61. The number of halogens is 4. The number of hydrogen-bond acceptors (Lipinski definition) is 3. The number of hydrogen-bond donors (Lipinski definition) is 3. The van der Waals surface area contributed by atoms with Gasteiger partial charge in [0.2, 0.25) is 0 Å². The highest BCUT2D eigenvalue weighted by molar-refractivity contribution is 6.30. The maximum Gasteiger partial charge on any atom is 0.418 e. The van der Waals surface area contributed by atoms with Crippen molar-refractivity contribution in [3.05, 3.63) is 94.5 Å². The van der Waals surface area contributed by atoms with Crippen molar-refractivity contribution in [1.82, 2.24) is 5.32 Å². The SMILES string of the molecule is O=C(NC1CC1)c1cccc(N[C@H](C(=O)Nc2ccc(Cl)cc2C(F)(F)F)c2ccccc2)c1. The first-order chi connectivity index (χ1) is 16.2. The van der Waals surface area contributed by atoms with Gasteiger partial charge in [-0.1, -0.05) is 48.0 Å². The summed E-state index contributed by atoms with van der Waals surface area (Å²) in [7, 11) is 0. The average Bonchev–Trinajstić information content (AvgIpc) is 3.62. The van der Waals surface area contributed by atoms with Crippen molar-refractivity contribution in [2.45, 2.75) is 31.1 Å². The molecule has 34 heavy (non-hydrogen) atoms. The Morgan fingerprint density at radius 2 is 1.68 bits per heavy atom. The maximum absolute atomic E-state index is 13.5. The van der Waals surface area contributed by atoms with Gasteiger partial charge in [-0.2, -0.15) is 13.2 Å². The Morgan fingerprint density at radius 1 is 0.941 bits per heavy atom. The minimum absolute atomic E-state index is 0.0932. The van der Waals surface area contributed by atoms with Gasteiger partial charge < -0.3 is 16.0 Å². The summed E-state index contributed by atoms with van der Waals surface area (Å²) in [5, 5.41) is 8.23. The first-order valence-corrected chi connectivity index (χ1v) is 11.0. The fourth-order valence-electron chi connectivity index (χ4n) is 3.42. The minimum Gasteiger partial charge on any atom is -0.370 e. The third-order valence-corrected chi connectivity index (χ3v) is 5.52. The van der Waals surface area contributed by atoms with E-state index in [4.69, 9.17) is 11.6 Å². The molecule has 176 valence electrons. The highest BCUT2D eigenvalue weighted by Crippen LogP contribution is 2.37. The van der Waals surface area contributed by atoms with E-state index in [1.807, 2.05) is 0 Å². The molecule has 1 aliphatic carbocycles. The monoisotopic (exact) mass is 487 g/mol. The van der Waals surface area contributed by atoms with E-state index >= 15 is 0 Å². The van der Waals surface area contributed by atoms with Crippen molar-refractivity contribution in [3.63, 3.8) is 0 Å². The second-order valence-electron chi connectivity index (χ2n) is 7.99. The molecule has 1 aliphatic rings. The van der Waals surface area contributed by atoms with Crippen LogP contribution in [0.4, 0.5) is 24.5 Å². The molecule has 0 heterocycles. The lowest BCUT2D eigenvalue weighted by Crippen LogP contribution is -2.29. The molecular weight excluding hydrogens is 467 g/mol. The van der Waals surface area contributed by atoms with E-state index < -0.39 is 29.4 Å². The molecule has 1 saturated carbocycles. The smallest absolute Gasteiger partial charge is 0.370 e. The standard InChI is InChI=1S/C25H21ClF3N3O2/c26-17-9-12-21(20(14-17)25(27,28)29)32-24(34)22(15-5-2-1-3-6-15)30-19-8-4-7-16(13-19)23(33)31-18-10-11-18/h1-9,12-14,18,22,30H,10-11H2,(H,31,33)(H,32,34)/t22-/m0/s1. The first kappa shape index (κ1) is 23.6. The van der Waals surface area contributed by atoms with Crippen molar-refractivity contribution >= 4 is 34.8 Å². The summed E-state index contributed by atoms with van der Waals surface area (Å²) in [5.41, 5.74) is -0.0164. The largest absolute Gasteiger partial charge is 0.418 e. The van der Waals surface area contributed by atoms with Crippen LogP contribution in [-0.2, 0) is 11.0 Å². The summed E-state index contributed by atoms with van der Waals surface area (Å²) in [6, 6.07) is 17.5. The number of anilines is 2. The van der Waals surface area contributed by atoms with E-state index in [-0.39, 0.29) is 17.0 Å². The summed E-state index contributed by atoms with van der Waals surface area (Å²) in [4.78, 5) is 25.6. The fourth-order valence-corrected chi connectivity index (χ4v) is 3.60. The second-order valence-corrected chi connectivity index (χ2v) is 8.43. The van der Waals surface area contributed by atoms with E-state index in [0.717, 1.165) is 25.0 Å². The molecule has 1 fully saturated rings. The second kappa shape index (κ2) is 9.77. The van der Waals surface area contributed by atoms with Crippen LogP contribution in [0.15, 0.2) is 72.8 Å². The lowest BCUT2D eigenvalue weighted by Gasteiger charge is -2.22. The number of benzene rings is 3. The zero-order chi connectivity index (χ0) is 24.3. The molecule has 3 aromatic carbocycles. The molecule has 0 radical (unpaired) electrons. The number of alkyl halides is 3. The van der Waals surface area contributed by atoms with Gasteiger partial charge in [0.1, 0.15) is 6.04 Å². The minimum atomic E-state index is -4.70. The Bertz CT molecular complexity index is 1200. The molecule has 0 saturated heterocycles. The summed E-state index contributed by atoms with van der Waals surface area (Å²) in [5.74, 6) is -0.922. The van der Waals surface area contributed by atoms with E-state index in [2.05, 4.69) is 16.0 Å². The molecule has 2 amide bonds. The normalized spacial score (nSPS) is 14.2. The summed E-state index contributed by atoms with van der Waals surface area (Å²) < 4.78 is 40.5. The fraction of sp³-hybridized carbons (Fsp3) is 0.200. The van der Waals surface area contributed by atoms with Gasteiger partial charge in [0.05, 0.1) is 11.3 Å². The first-order valence-electron chi connectivity index (χ1n) is 10.6. The predicted molar refractivity (Wildman–Crippen MR) is 125 cm³/mol. The molecule has 5 nitrogen and oxygen atoms in total. The predicted octanol–water partition coefficient (Wildman–Crippen LogP) is 6.04. The van der Waals surface area contributed by atoms with Crippen LogP contribution >= 0.6 is 11.6 Å². The summed E-state index contributed by atoms with van der Waals surface area (Å²) >= 11 is 5.74. The molecule has 0 spiro atoms. The molecule has 9 heteroatoms. The van der Waals surface area contributed by atoms with E-state index in [0.29, 0.717) is 16.8 Å². The molecule has 3 N–H and O–H groups in total. The Morgan fingerprint density at radius 3 is 2.35 bits per heavy atom. The number of rotatable bonds is 7. The Hall–Kier alpha value is -3.52. The van der Waals surface area contributed by atoms with Crippen molar-refractivity contribution in [1.29, 1.82) is 0 Å². The third kappa shape index (κ3) is 5.88. The van der Waals surface area contributed by atoms with Gasteiger partial charge in [-0.25, -0.2) is 0 Å². The number of carbonyl (C=O) groups excluding carboxylic acids is 2. The highest BCUT2D eigenvalue weighted by Gasteiger charge is 2.35. The lowest BCUT2D eigenvalue weighted by molar-refractivity contribution is -0.137. The summed E-state index contributed by atoms with van der Waals surface area (Å²) in [6.45, 7) is 0. The van der Waals surface area contributed by atoms with Crippen molar-refractivity contribution in [3.8, 4) is 0 Å². The van der Waals surface area contributed by atoms with E-state index in [1.54, 1.807) is 54.6 Å². The Kier molecular flexibility index (Phi) is 6.79. The van der Waals surface area contributed by atoms with Gasteiger partial charge in [-0.3, -0.25) is 9.59 Å². The topological polar surface area (TPSA) is 70.2 Å². The van der Waals surface area contributed by atoms with Crippen molar-refractivity contribution in [2.24, 2.45) is 0 Å². The molecule has 4 rings (SSSR count). The Labute approximate surface area is 199 Å². The van der Waals surface area contributed by atoms with Crippen LogP contribution in [0.3, 0.4) is 0 Å². The van der Waals surface area contributed by atoms with Crippen molar-refractivity contribution < 1.29 is 22.8 Å². The summed E-state index contributed by atoms with van der Waals surface area (Å²) in [6.07, 6.45) is -2.80. The van der Waals surface area contributed by atoms with Crippen molar-refractivity contribution in [2.75, 3.05) is 10.6 Å². The van der Waals surface area contributed by atoms with Crippen LogP contribution in [0.5, 0.6) is 0 Å². The molecule has 0 bridgehead atoms. The van der Waals surface area contributed by atoms with Crippen LogP contribution in [0, 0.1) is 0 Å². The highest BCUT2D eigenvalue weighted by atomic mass is 35.5. The maximum atomic E-state index is 13.5. The molecule has 1 atom stereocenters. The van der Waals surface area contributed by atoms with Gasteiger partial charge in [-0.05, 0) is 54.8 Å². The molecule has 0 aromatic heterocycles. The number of amides is 2. The third-order valence-electron chi connectivity index (χ3n) is 5.29. The van der Waals surface area contributed by atoms with Gasteiger partial charge in [0, 0.05) is 22.3 Å². The molecule has 0 aliphatic heterocycles. The van der Waals surface area contributed by atoms with Gasteiger partial charge in [-0.15, -0.1) is 0 Å². The zero-order valence-electron chi connectivity index (χ0n) is 17.8. The average molecular weight is 488 g/mol. The number of carbonyl (C=O) groups is 2. The van der Waals surface area contributed by atoms with E-state index in [9.17, 15) is 22.8 Å². The lowest BCUT2D eigenvalue weighted by atomic mass is 10.0. The number of nitrogens with one attached hydrogen (secondary N) is 3. The van der Waals surface area contributed by atoms with Crippen LogP contribution in [0.1, 0.15) is 40.4 Å². The molecule has 3 aromatic rings. The van der Waals surface area contributed by atoms with Crippen LogP contribution in [0.25, 0.3) is 0 Å². The van der Waals surface area contributed by atoms with Gasteiger partial charge >= 0.3 is 6.18 Å². The van der Waals surface area contributed by atoms with Gasteiger partial charge in [0.25, 0.3) is 11.8 Å². The molecule has 0 unspecified atom stereocenters. The van der Waals surface area contributed by atoms with Crippen LogP contribution in [-0.4, -0.2) is 17.9 Å². The van der Waals surface area contributed by atoms with Crippen LogP contribution < -0.4 is 16.0 Å². The van der Waals surface area contributed by atoms with Crippen LogP contribution in [0.2, 0.25) is 5.02 Å². The molecular formula is C25H21ClF3N3O2. The zero-order valence-corrected chi connectivity index (χ0v) is 18.6. The van der Waals surface area contributed by atoms with E-state index in [1.165, 1.54) is 6.07 Å². The van der Waals surface area contributed by atoms with Gasteiger partial charge in [0.15, 0.2) is 0 Å². The quantitative estimate of drug-likeness (QED) is 0.380.